The Labute approximate surface area is 123 Å². The average molecular weight is 294 g/mol. The van der Waals surface area contributed by atoms with Gasteiger partial charge in [0.05, 0.1) is 11.8 Å². The van der Waals surface area contributed by atoms with Gasteiger partial charge in [0.2, 0.25) is 0 Å². The van der Waals surface area contributed by atoms with Gasteiger partial charge < -0.3 is 9.73 Å². The summed E-state index contributed by atoms with van der Waals surface area (Å²) >= 11 is 0. The Morgan fingerprint density at radius 1 is 1.29 bits per heavy atom. The fourth-order valence-electron chi connectivity index (χ4n) is 2.00. The van der Waals surface area contributed by atoms with Gasteiger partial charge in [0, 0.05) is 12.5 Å². The standard InChI is InChI=1S/C16H20F2N2O/c1-11(2)9-19-7-3-4-16-20-10-15(21-16)13-6-5-12(17)8-14(13)18/h5-6,8,10-11,19H,3-4,7,9H2,1-2H3. The third-order valence-electron chi connectivity index (χ3n) is 3.05. The second-order valence-corrected chi connectivity index (χ2v) is 5.44. The van der Waals surface area contributed by atoms with E-state index in [-0.39, 0.29) is 5.56 Å². The SMILES string of the molecule is CC(C)CNCCCc1ncc(-c2ccc(F)cc2F)o1. The van der Waals surface area contributed by atoms with Crippen molar-refractivity contribution < 1.29 is 13.2 Å². The van der Waals surface area contributed by atoms with Gasteiger partial charge >= 0.3 is 0 Å². The summed E-state index contributed by atoms with van der Waals surface area (Å²) in [5.74, 6) is 0.279. The van der Waals surface area contributed by atoms with Crippen LogP contribution in [0.2, 0.25) is 0 Å². The van der Waals surface area contributed by atoms with Crippen LogP contribution in [0.5, 0.6) is 0 Å². The number of rotatable bonds is 7. The maximum absolute atomic E-state index is 13.6. The molecule has 1 aromatic carbocycles. The number of benzene rings is 1. The zero-order valence-corrected chi connectivity index (χ0v) is 12.3. The summed E-state index contributed by atoms with van der Waals surface area (Å²) in [7, 11) is 0. The molecule has 0 unspecified atom stereocenters. The molecule has 0 bridgehead atoms. The van der Waals surface area contributed by atoms with E-state index in [2.05, 4.69) is 24.1 Å². The molecule has 1 aromatic heterocycles. The normalized spacial score (nSPS) is 11.3. The Morgan fingerprint density at radius 3 is 2.81 bits per heavy atom. The van der Waals surface area contributed by atoms with Crippen LogP contribution < -0.4 is 5.32 Å². The fourth-order valence-corrected chi connectivity index (χ4v) is 2.00. The van der Waals surface area contributed by atoms with E-state index < -0.39 is 11.6 Å². The number of halogens is 2. The van der Waals surface area contributed by atoms with E-state index in [1.807, 2.05) is 0 Å². The second kappa shape index (κ2) is 7.31. The van der Waals surface area contributed by atoms with E-state index in [0.717, 1.165) is 25.6 Å². The number of hydrogen-bond acceptors (Lipinski definition) is 3. The van der Waals surface area contributed by atoms with E-state index in [1.165, 1.54) is 18.3 Å². The van der Waals surface area contributed by atoms with Gasteiger partial charge in [0.15, 0.2) is 11.7 Å². The van der Waals surface area contributed by atoms with Crippen molar-refractivity contribution in [3.8, 4) is 11.3 Å². The lowest BCUT2D eigenvalue weighted by Crippen LogP contribution is -2.21. The first-order valence-electron chi connectivity index (χ1n) is 7.17. The minimum atomic E-state index is -0.642. The lowest BCUT2D eigenvalue weighted by atomic mass is 10.2. The number of nitrogens with one attached hydrogen (secondary N) is 1. The third-order valence-corrected chi connectivity index (χ3v) is 3.05. The van der Waals surface area contributed by atoms with Crippen molar-refractivity contribution in [2.24, 2.45) is 5.92 Å². The molecule has 0 saturated carbocycles. The molecule has 1 N–H and O–H groups in total. The van der Waals surface area contributed by atoms with E-state index in [4.69, 9.17) is 4.42 Å². The van der Waals surface area contributed by atoms with Crippen LogP contribution in [0.25, 0.3) is 11.3 Å². The van der Waals surface area contributed by atoms with E-state index in [9.17, 15) is 8.78 Å². The van der Waals surface area contributed by atoms with Crippen LogP contribution in [-0.2, 0) is 6.42 Å². The predicted molar refractivity (Wildman–Crippen MR) is 77.9 cm³/mol. The molecule has 0 saturated heterocycles. The molecule has 2 aromatic rings. The van der Waals surface area contributed by atoms with Gasteiger partial charge in [-0.15, -0.1) is 0 Å². The first-order valence-corrected chi connectivity index (χ1v) is 7.17. The van der Waals surface area contributed by atoms with Crippen LogP contribution >= 0.6 is 0 Å². The number of aryl methyl sites for hydroxylation is 1. The number of oxazole rings is 1. The number of hydrogen-bond donors (Lipinski definition) is 1. The molecule has 0 aliphatic rings. The first kappa shape index (κ1) is 15.6. The lowest BCUT2D eigenvalue weighted by Gasteiger charge is -2.05. The van der Waals surface area contributed by atoms with Gasteiger partial charge in [-0.05, 0) is 37.6 Å². The monoisotopic (exact) mass is 294 g/mol. The number of nitrogens with zero attached hydrogens (tertiary/aromatic N) is 1. The summed E-state index contributed by atoms with van der Waals surface area (Å²) in [5, 5.41) is 3.34. The first-order chi connectivity index (χ1) is 10.1. The predicted octanol–water partition coefficient (Wildman–Crippen LogP) is 3.80. The van der Waals surface area contributed by atoms with Gasteiger partial charge in [0.25, 0.3) is 0 Å². The molecule has 21 heavy (non-hydrogen) atoms. The Hall–Kier alpha value is -1.75. The summed E-state index contributed by atoms with van der Waals surface area (Å²) in [5.41, 5.74) is 0.230. The Kier molecular flexibility index (Phi) is 5.44. The summed E-state index contributed by atoms with van der Waals surface area (Å²) in [6.07, 6.45) is 3.07. The molecule has 0 radical (unpaired) electrons. The van der Waals surface area contributed by atoms with Gasteiger partial charge in [-0.25, -0.2) is 13.8 Å². The molecule has 0 aliphatic carbocycles. The number of aromatic nitrogens is 1. The zero-order valence-electron chi connectivity index (χ0n) is 12.3. The Morgan fingerprint density at radius 2 is 2.10 bits per heavy atom. The molecular formula is C16H20F2N2O. The summed E-state index contributed by atoms with van der Waals surface area (Å²) in [6.45, 7) is 6.19. The van der Waals surface area contributed by atoms with Crippen molar-refractivity contribution in [3.05, 3.63) is 41.9 Å². The van der Waals surface area contributed by atoms with Gasteiger partial charge in [-0.1, -0.05) is 13.8 Å². The van der Waals surface area contributed by atoms with Crippen molar-refractivity contribution in [2.75, 3.05) is 13.1 Å². The average Bonchev–Trinajstić information content (AvgIpc) is 2.86. The smallest absolute Gasteiger partial charge is 0.194 e. The highest BCUT2D eigenvalue weighted by atomic mass is 19.1. The molecule has 5 heteroatoms. The summed E-state index contributed by atoms with van der Waals surface area (Å²) in [6, 6.07) is 3.41. The van der Waals surface area contributed by atoms with Crippen molar-refractivity contribution >= 4 is 0 Å². The topological polar surface area (TPSA) is 38.1 Å². The molecule has 2 rings (SSSR count). The molecule has 0 fully saturated rings. The van der Waals surface area contributed by atoms with Crippen LogP contribution in [0.15, 0.2) is 28.8 Å². The Balaban J connectivity index is 1.89. The maximum atomic E-state index is 13.6. The molecule has 0 aliphatic heterocycles. The lowest BCUT2D eigenvalue weighted by molar-refractivity contribution is 0.480. The zero-order chi connectivity index (χ0) is 15.2. The highest BCUT2D eigenvalue weighted by molar-refractivity contribution is 5.57. The highest BCUT2D eigenvalue weighted by Crippen LogP contribution is 2.24. The van der Waals surface area contributed by atoms with Crippen LogP contribution in [0.1, 0.15) is 26.2 Å². The van der Waals surface area contributed by atoms with Crippen molar-refractivity contribution in [1.29, 1.82) is 0 Å². The fraction of sp³-hybridized carbons (Fsp3) is 0.438. The van der Waals surface area contributed by atoms with Crippen molar-refractivity contribution in [1.82, 2.24) is 10.3 Å². The van der Waals surface area contributed by atoms with Crippen molar-refractivity contribution in [3.63, 3.8) is 0 Å². The minimum absolute atomic E-state index is 0.230. The Bertz CT molecular complexity index is 581. The van der Waals surface area contributed by atoms with Crippen LogP contribution in [0.3, 0.4) is 0 Å². The summed E-state index contributed by atoms with van der Waals surface area (Å²) in [4.78, 5) is 4.13. The quantitative estimate of drug-likeness (QED) is 0.789. The second-order valence-electron chi connectivity index (χ2n) is 5.44. The maximum Gasteiger partial charge on any atom is 0.194 e. The molecule has 0 atom stereocenters. The van der Waals surface area contributed by atoms with Crippen LogP contribution in [0, 0.1) is 17.6 Å². The van der Waals surface area contributed by atoms with Gasteiger partial charge in [-0.2, -0.15) is 0 Å². The third kappa shape index (κ3) is 4.63. The van der Waals surface area contributed by atoms with Crippen LogP contribution in [-0.4, -0.2) is 18.1 Å². The molecule has 0 spiro atoms. The molecule has 0 amide bonds. The minimum Gasteiger partial charge on any atom is -0.441 e. The molecule has 1 heterocycles. The van der Waals surface area contributed by atoms with Crippen molar-refractivity contribution in [2.45, 2.75) is 26.7 Å². The molecular weight excluding hydrogens is 274 g/mol. The van der Waals surface area contributed by atoms with Gasteiger partial charge in [0.1, 0.15) is 11.6 Å². The van der Waals surface area contributed by atoms with Gasteiger partial charge in [-0.3, -0.25) is 0 Å². The molecule has 114 valence electrons. The van der Waals surface area contributed by atoms with E-state index >= 15 is 0 Å². The van der Waals surface area contributed by atoms with E-state index in [0.29, 0.717) is 24.0 Å². The summed E-state index contributed by atoms with van der Waals surface area (Å²) < 4.78 is 32.0. The van der Waals surface area contributed by atoms with Crippen LogP contribution in [0.4, 0.5) is 8.78 Å². The largest absolute Gasteiger partial charge is 0.441 e. The molecule has 3 nitrogen and oxygen atoms in total. The van der Waals surface area contributed by atoms with E-state index in [1.54, 1.807) is 0 Å². The highest BCUT2D eigenvalue weighted by Gasteiger charge is 2.11.